The van der Waals surface area contributed by atoms with Gasteiger partial charge in [-0.05, 0) is 33.0 Å². The van der Waals surface area contributed by atoms with Crippen LogP contribution in [-0.2, 0) is 0 Å². The maximum Gasteiger partial charge on any atom is 0.271 e. The van der Waals surface area contributed by atoms with Gasteiger partial charge in [0.05, 0.1) is 11.9 Å². The third-order valence-electron chi connectivity index (χ3n) is 2.95. The highest BCUT2D eigenvalue weighted by molar-refractivity contribution is 5.97. The molecule has 0 aromatic carbocycles. The Morgan fingerprint density at radius 2 is 2.31 bits per heavy atom. The third-order valence-corrected chi connectivity index (χ3v) is 2.95. The van der Waals surface area contributed by atoms with Crippen LogP contribution in [0.25, 0.3) is 0 Å². The molecule has 1 aromatic rings. The predicted octanol–water partition coefficient (Wildman–Crippen LogP) is -0.184. The fraction of sp³-hybridized carbons (Fsp3) is 0.600. The Morgan fingerprint density at radius 1 is 1.62 bits per heavy atom. The molecule has 4 N–H and O–H groups in total. The Morgan fingerprint density at radius 3 is 2.88 bits per heavy atom. The molecular weight excluding hydrogens is 206 g/mol. The molecule has 1 aliphatic rings. The Labute approximate surface area is 94.2 Å². The molecule has 6 heteroatoms. The molecule has 1 saturated heterocycles. The molecule has 0 radical (unpaired) electrons. The van der Waals surface area contributed by atoms with Gasteiger partial charge in [-0.1, -0.05) is 0 Å². The predicted molar refractivity (Wildman–Crippen MR) is 61.0 cm³/mol. The van der Waals surface area contributed by atoms with Crippen molar-refractivity contribution >= 4 is 11.6 Å². The van der Waals surface area contributed by atoms with Crippen LogP contribution < -0.4 is 11.1 Å². The zero-order chi connectivity index (χ0) is 11.5. The number of hydrogen-bond acceptors (Lipinski definition) is 4. The van der Waals surface area contributed by atoms with Gasteiger partial charge >= 0.3 is 0 Å². The molecule has 2 rings (SSSR count). The average molecular weight is 223 g/mol. The molecule has 1 aromatic heterocycles. The number of amides is 1. The molecular formula is C10H17N5O. The smallest absolute Gasteiger partial charge is 0.271 e. The topological polar surface area (TPSA) is 87.0 Å². The lowest BCUT2D eigenvalue weighted by Gasteiger charge is -2.29. The summed E-state index contributed by atoms with van der Waals surface area (Å²) in [5, 5.41) is 9.30. The van der Waals surface area contributed by atoms with E-state index in [0.717, 1.165) is 25.9 Å². The highest BCUT2D eigenvalue weighted by Gasteiger charge is 2.20. The molecule has 2 heterocycles. The van der Waals surface area contributed by atoms with Crippen LogP contribution in [0.15, 0.2) is 6.20 Å². The number of nitrogen functional groups attached to an aromatic ring is 1. The standard InChI is InChI=1S/C10H17N5O/c1-15-4-2-7(3-5-15)13-10(16)9-8(11)6-12-14-9/h6-7H,2-5,11H2,1H3,(H,12,14)(H,13,16). The van der Waals surface area contributed by atoms with Gasteiger partial charge in [0.15, 0.2) is 0 Å². The van der Waals surface area contributed by atoms with Crippen LogP contribution in [0.3, 0.4) is 0 Å². The minimum absolute atomic E-state index is 0.162. The van der Waals surface area contributed by atoms with E-state index in [2.05, 4.69) is 27.5 Å². The third kappa shape index (κ3) is 2.33. The van der Waals surface area contributed by atoms with Crippen molar-refractivity contribution in [2.45, 2.75) is 18.9 Å². The van der Waals surface area contributed by atoms with Gasteiger partial charge in [-0.25, -0.2) is 0 Å². The van der Waals surface area contributed by atoms with Crippen LogP contribution >= 0.6 is 0 Å². The summed E-state index contributed by atoms with van der Waals surface area (Å²) in [5.74, 6) is -0.162. The quantitative estimate of drug-likeness (QED) is 0.649. The maximum absolute atomic E-state index is 11.8. The second kappa shape index (κ2) is 4.52. The Hall–Kier alpha value is -1.56. The van der Waals surface area contributed by atoms with Crippen molar-refractivity contribution in [3.63, 3.8) is 0 Å². The fourth-order valence-corrected chi connectivity index (χ4v) is 1.89. The van der Waals surface area contributed by atoms with Gasteiger partial charge in [-0.15, -0.1) is 0 Å². The molecule has 1 amide bonds. The number of aromatic nitrogens is 2. The van der Waals surface area contributed by atoms with E-state index in [9.17, 15) is 4.79 Å². The van der Waals surface area contributed by atoms with Gasteiger partial charge in [0, 0.05) is 6.04 Å². The molecule has 0 unspecified atom stereocenters. The number of nitrogens with zero attached hydrogens (tertiary/aromatic N) is 2. The SMILES string of the molecule is CN1CCC(NC(=O)c2[nH]ncc2N)CC1. The normalized spacial score (nSPS) is 18.6. The molecule has 0 atom stereocenters. The van der Waals surface area contributed by atoms with Gasteiger partial charge in [-0.3, -0.25) is 9.89 Å². The van der Waals surface area contributed by atoms with E-state index in [4.69, 9.17) is 5.73 Å². The van der Waals surface area contributed by atoms with E-state index >= 15 is 0 Å². The minimum atomic E-state index is -0.162. The summed E-state index contributed by atoms with van der Waals surface area (Å²) in [5.41, 5.74) is 6.36. The number of aromatic amines is 1. The minimum Gasteiger partial charge on any atom is -0.396 e. The monoisotopic (exact) mass is 223 g/mol. The Bertz CT molecular complexity index is 367. The van der Waals surface area contributed by atoms with Gasteiger partial charge in [0.2, 0.25) is 0 Å². The first-order valence-corrected chi connectivity index (χ1v) is 5.45. The van der Waals surface area contributed by atoms with Crippen LogP contribution in [0.2, 0.25) is 0 Å². The van der Waals surface area contributed by atoms with Crippen molar-refractivity contribution in [3.05, 3.63) is 11.9 Å². The highest BCUT2D eigenvalue weighted by Crippen LogP contribution is 2.11. The number of H-pyrrole nitrogens is 1. The first-order valence-electron chi connectivity index (χ1n) is 5.45. The van der Waals surface area contributed by atoms with Crippen molar-refractivity contribution in [2.75, 3.05) is 25.9 Å². The van der Waals surface area contributed by atoms with Crippen molar-refractivity contribution < 1.29 is 4.79 Å². The van der Waals surface area contributed by atoms with E-state index in [1.165, 1.54) is 6.20 Å². The number of likely N-dealkylation sites (tertiary alicyclic amines) is 1. The summed E-state index contributed by atoms with van der Waals surface area (Å²) >= 11 is 0. The van der Waals surface area contributed by atoms with Crippen molar-refractivity contribution in [1.82, 2.24) is 20.4 Å². The van der Waals surface area contributed by atoms with Crippen molar-refractivity contribution in [2.24, 2.45) is 0 Å². The molecule has 88 valence electrons. The zero-order valence-electron chi connectivity index (χ0n) is 9.36. The van der Waals surface area contributed by atoms with Gasteiger partial charge in [-0.2, -0.15) is 5.10 Å². The molecule has 0 spiro atoms. The molecule has 1 fully saturated rings. The van der Waals surface area contributed by atoms with E-state index in [1.807, 2.05) is 0 Å². The number of carbonyl (C=O) groups is 1. The first kappa shape index (κ1) is 10.9. The van der Waals surface area contributed by atoms with E-state index < -0.39 is 0 Å². The molecule has 0 bridgehead atoms. The lowest BCUT2D eigenvalue weighted by atomic mass is 10.1. The molecule has 0 aliphatic carbocycles. The van der Waals surface area contributed by atoms with Gasteiger partial charge in [0.25, 0.3) is 5.91 Å². The van der Waals surface area contributed by atoms with Crippen molar-refractivity contribution in [3.8, 4) is 0 Å². The molecule has 16 heavy (non-hydrogen) atoms. The van der Waals surface area contributed by atoms with Crippen molar-refractivity contribution in [1.29, 1.82) is 0 Å². The largest absolute Gasteiger partial charge is 0.396 e. The summed E-state index contributed by atoms with van der Waals surface area (Å²) < 4.78 is 0. The van der Waals surface area contributed by atoms with Gasteiger partial charge < -0.3 is 16.0 Å². The van der Waals surface area contributed by atoms with Crippen LogP contribution in [0.1, 0.15) is 23.3 Å². The van der Waals surface area contributed by atoms with E-state index in [1.54, 1.807) is 0 Å². The summed E-state index contributed by atoms with van der Waals surface area (Å²) in [7, 11) is 2.09. The number of nitrogens with two attached hydrogens (primary N) is 1. The summed E-state index contributed by atoms with van der Waals surface area (Å²) in [4.78, 5) is 14.1. The first-order chi connectivity index (χ1) is 7.66. The number of rotatable bonds is 2. The summed E-state index contributed by atoms with van der Waals surface area (Å²) in [6.45, 7) is 2.03. The molecule has 0 saturated carbocycles. The maximum atomic E-state index is 11.8. The number of hydrogen-bond donors (Lipinski definition) is 3. The van der Waals surface area contributed by atoms with E-state index in [0.29, 0.717) is 11.4 Å². The second-order valence-electron chi connectivity index (χ2n) is 4.25. The lowest BCUT2D eigenvalue weighted by Crippen LogP contribution is -2.43. The number of piperidine rings is 1. The van der Waals surface area contributed by atoms with Crippen LogP contribution in [0.4, 0.5) is 5.69 Å². The molecule has 1 aliphatic heterocycles. The summed E-state index contributed by atoms with van der Waals surface area (Å²) in [6.07, 6.45) is 3.41. The summed E-state index contributed by atoms with van der Waals surface area (Å²) in [6, 6.07) is 0.242. The van der Waals surface area contributed by atoms with Crippen LogP contribution in [-0.4, -0.2) is 47.2 Å². The highest BCUT2D eigenvalue weighted by atomic mass is 16.2. The van der Waals surface area contributed by atoms with Crippen LogP contribution in [0, 0.1) is 0 Å². The van der Waals surface area contributed by atoms with Gasteiger partial charge in [0.1, 0.15) is 5.69 Å². The zero-order valence-corrected chi connectivity index (χ0v) is 9.36. The van der Waals surface area contributed by atoms with Crippen LogP contribution in [0.5, 0.6) is 0 Å². The average Bonchev–Trinajstić information content (AvgIpc) is 2.68. The molecule has 6 nitrogen and oxygen atoms in total. The Balaban J connectivity index is 1.91. The van der Waals surface area contributed by atoms with E-state index in [-0.39, 0.29) is 11.9 Å². The number of anilines is 1. The lowest BCUT2D eigenvalue weighted by molar-refractivity contribution is 0.0912. The second-order valence-corrected chi connectivity index (χ2v) is 4.25. The fourth-order valence-electron chi connectivity index (χ4n) is 1.89. The number of carbonyl (C=O) groups excluding carboxylic acids is 1. The number of nitrogens with one attached hydrogen (secondary N) is 2. The Kier molecular flexibility index (Phi) is 3.09.